The number of rotatable bonds is 7. The molecule has 1 amide bonds. The summed E-state index contributed by atoms with van der Waals surface area (Å²) in [5.41, 5.74) is 3.42. The molecule has 2 aromatic carbocycles. The van der Waals surface area contributed by atoms with E-state index in [1.165, 1.54) is 23.9 Å². The van der Waals surface area contributed by atoms with Crippen LogP contribution >= 0.6 is 0 Å². The van der Waals surface area contributed by atoms with Crippen LogP contribution in [-0.4, -0.2) is 26.9 Å². The maximum Gasteiger partial charge on any atom is 0.223 e. The van der Waals surface area contributed by atoms with Crippen molar-refractivity contribution in [3.8, 4) is 0 Å². The van der Waals surface area contributed by atoms with Crippen molar-refractivity contribution in [2.45, 2.75) is 51.6 Å². The van der Waals surface area contributed by atoms with E-state index in [1.54, 1.807) is 0 Å². The molecule has 4 rings (SSSR count). The van der Waals surface area contributed by atoms with Gasteiger partial charge in [-0.3, -0.25) is 4.79 Å². The van der Waals surface area contributed by atoms with E-state index in [4.69, 9.17) is 4.98 Å². The van der Waals surface area contributed by atoms with Gasteiger partial charge in [-0.2, -0.15) is 0 Å². The van der Waals surface area contributed by atoms with Gasteiger partial charge in [0, 0.05) is 32.0 Å². The lowest BCUT2D eigenvalue weighted by atomic mass is 10.1. The fourth-order valence-electron chi connectivity index (χ4n) is 4.06. The zero-order valence-electron chi connectivity index (χ0n) is 16.0. The molecule has 0 aliphatic carbocycles. The Labute approximate surface area is 160 Å². The quantitative estimate of drug-likeness (QED) is 0.570. The summed E-state index contributed by atoms with van der Waals surface area (Å²) < 4.78 is 2.36. The van der Waals surface area contributed by atoms with Crippen molar-refractivity contribution in [1.82, 2.24) is 14.5 Å². The SMILES string of the molecule is CCCCCn1c(C2CC(=O)N(Cc3ccccc3)C2)nc2ccccc21. The van der Waals surface area contributed by atoms with Crippen LogP contribution in [0.25, 0.3) is 11.0 Å². The molecule has 1 atom stereocenters. The van der Waals surface area contributed by atoms with Crippen LogP contribution < -0.4 is 0 Å². The van der Waals surface area contributed by atoms with Gasteiger partial charge in [0.05, 0.1) is 11.0 Å². The van der Waals surface area contributed by atoms with Gasteiger partial charge in [0.2, 0.25) is 5.91 Å². The smallest absolute Gasteiger partial charge is 0.223 e. The second kappa shape index (κ2) is 7.95. The lowest BCUT2D eigenvalue weighted by Gasteiger charge is -2.17. The number of aryl methyl sites for hydroxylation is 1. The number of imidazole rings is 1. The molecule has 2 heterocycles. The van der Waals surface area contributed by atoms with Gasteiger partial charge in [-0.25, -0.2) is 4.98 Å². The van der Waals surface area contributed by atoms with E-state index >= 15 is 0 Å². The number of hydrogen-bond donors (Lipinski definition) is 0. The Morgan fingerprint density at radius 1 is 1.04 bits per heavy atom. The third-order valence-electron chi connectivity index (χ3n) is 5.47. The highest BCUT2D eigenvalue weighted by atomic mass is 16.2. The molecule has 0 saturated carbocycles. The molecule has 1 aliphatic rings. The number of amides is 1. The number of fused-ring (bicyclic) bond motifs is 1. The summed E-state index contributed by atoms with van der Waals surface area (Å²) in [6.45, 7) is 4.65. The fraction of sp³-hybridized carbons (Fsp3) is 0.391. The molecule has 1 aliphatic heterocycles. The standard InChI is InChI=1S/C23H27N3O/c1-2-3-9-14-26-21-13-8-7-12-20(21)24-23(26)19-15-22(27)25(17-19)16-18-10-5-4-6-11-18/h4-8,10-13,19H,2-3,9,14-17H2,1H3. The first kappa shape index (κ1) is 17.8. The molecule has 1 aromatic heterocycles. The summed E-state index contributed by atoms with van der Waals surface area (Å²) in [4.78, 5) is 19.6. The van der Waals surface area contributed by atoms with Crippen molar-refractivity contribution >= 4 is 16.9 Å². The number of aromatic nitrogens is 2. The molecule has 140 valence electrons. The largest absolute Gasteiger partial charge is 0.338 e. The lowest BCUT2D eigenvalue weighted by molar-refractivity contribution is -0.128. The van der Waals surface area contributed by atoms with Crippen molar-refractivity contribution in [2.75, 3.05) is 6.54 Å². The Morgan fingerprint density at radius 2 is 1.81 bits per heavy atom. The number of carbonyl (C=O) groups excluding carboxylic acids is 1. The average molecular weight is 361 g/mol. The second-order valence-corrected chi connectivity index (χ2v) is 7.48. The number of benzene rings is 2. The predicted molar refractivity (Wildman–Crippen MR) is 108 cm³/mol. The van der Waals surface area contributed by atoms with E-state index < -0.39 is 0 Å². The zero-order chi connectivity index (χ0) is 18.6. The van der Waals surface area contributed by atoms with Crippen LogP contribution in [0.4, 0.5) is 0 Å². The highest BCUT2D eigenvalue weighted by Crippen LogP contribution is 2.31. The average Bonchev–Trinajstić information content (AvgIpc) is 3.24. The maximum atomic E-state index is 12.6. The van der Waals surface area contributed by atoms with E-state index in [-0.39, 0.29) is 11.8 Å². The van der Waals surface area contributed by atoms with Crippen LogP contribution in [0.2, 0.25) is 0 Å². The number of hydrogen-bond acceptors (Lipinski definition) is 2. The van der Waals surface area contributed by atoms with Gasteiger partial charge >= 0.3 is 0 Å². The number of carbonyl (C=O) groups is 1. The Bertz CT molecular complexity index is 916. The third-order valence-corrected chi connectivity index (χ3v) is 5.47. The Hall–Kier alpha value is -2.62. The van der Waals surface area contributed by atoms with Crippen LogP contribution in [0.15, 0.2) is 54.6 Å². The molecule has 1 fully saturated rings. The number of nitrogens with zero attached hydrogens (tertiary/aromatic N) is 3. The molecule has 27 heavy (non-hydrogen) atoms. The molecule has 0 radical (unpaired) electrons. The molecule has 1 unspecified atom stereocenters. The van der Waals surface area contributed by atoms with E-state index in [1.807, 2.05) is 29.2 Å². The molecule has 0 N–H and O–H groups in total. The Balaban J connectivity index is 1.58. The van der Waals surface area contributed by atoms with Gasteiger partial charge < -0.3 is 9.47 Å². The lowest BCUT2D eigenvalue weighted by Crippen LogP contribution is -2.24. The Kier molecular flexibility index (Phi) is 5.23. The summed E-state index contributed by atoms with van der Waals surface area (Å²) in [6.07, 6.45) is 4.13. The van der Waals surface area contributed by atoms with Crippen LogP contribution in [0.1, 0.15) is 49.9 Å². The zero-order valence-corrected chi connectivity index (χ0v) is 16.0. The third kappa shape index (κ3) is 3.75. The monoisotopic (exact) mass is 361 g/mol. The summed E-state index contributed by atoms with van der Waals surface area (Å²) in [7, 11) is 0. The first-order valence-electron chi connectivity index (χ1n) is 10.0. The minimum Gasteiger partial charge on any atom is -0.338 e. The molecule has 1 saturated heterocycles. The summed E-state index contributed by atoms with van der Waals surface area (Å²) in [5, 5.41) is 0. The van der Waals surface area contributed by atoms with Gasteiger partial charge in [-0.1, -0.05) is 62.2 Å². The van der Waals surface area contributed by atoms with Gasteiger partial charge in [-0.15, -0.1) is 0 Å². The summed E-state index contributed by atoms with van der Waals surface area (Å²) in [6, 6.07) is 18.6. The highest BCUT2D eigenvalue weighted by Gasteiger charge is 2.33. The molecule has 0 spiro atoms. The van der Waals surface area contributed by atoms with Gasteiger partial charge in [0.1, 0.15) is 5.82 Å². The van der Waals surface area contributed by atoms with Crippen molar-refractivity contribution in [3.63, 3.8) is 0 Å². The summed E-state index contributed by atoms with van der Waals surface area (Å²) >= 11 is 0. The van der Waals surface area contributed by atoms with Crippen molar-refractivity contribution in [2.24, 2.45) is 0 Å². The minimum atomic E-state index is 0.176. The predicted octanol–water partition coefficient (Wildman–Crippen LogP) is 4.74. The first-order chi connectivity index (χ1) is 13.3. The van der Waals surface area contributed by atoms with Crippen molar-refractivity contribution in [1.29, 1.82) is 0 Å². The van der Waals surface area contributed by atoms with Crippen LogP contribution in [-0.2, 0) is 17.9 Å². The topological polar surface area (TPSA) is 38.1 Å². The molecular weight excluding hydrogens is 334 g/mol. The first-order valence-corrected chi connectivity index (χ1v) is 10.0. The number of para-hydroxylation sites is 2. The Morgan fingerprint density at radius 3 is 2.63 bits per heavy atom. The highest BCUT2D eigenvalue weighted by molar-refractivity contribution is 5.81. The van der Waals surface area contributed by atoms with Gasteiger partial charge in [0.25, 0.3) is 0 Å². The van der Waals surface area contributed by atoms with Crippen molar-refractivity contribution in [3.05, 3.63) is 66.0 Å². The molecule has 0 bridgehead atoms. The second-order valence-electron chi connectivity index (χ2n) is 7.48. The van der Waals surface area contributed by atoms with Crippen molar-refractivity contribution < 1.29 is 4.79 Å². The van der Waals surface area contributed by atoms with Gasteiger partial charge in [0.15, 0.2) is 0 Å². The molecule has 4 heteroatoms. The van der Waals surface area contributed by atoms with E-state index in [9.17, 15) is 4.79 Å². The number of unbranched alkanes of at least 4 members (excludes halogenated alkanes) is 2. The van der Waals surface area contributed by atoms with Crippen LogP contribution in [0.3, 0.4) is 0 Å². The minimum absolute atomic E-state index is 0.176. The van der Waals surface area contributed by atoms with E-state index in [2.05, 4.69) is 41.8 Å². The van der Waals surface area contributed by atoms with E-state index in [0.29, 0.717) is 13.0 Å². The fourth-order valence-corrected chi connectivity index (χ4v) is 4.06. The summed E-state index contributed by atoms with van der Waals surface area (Å²) in [5.74, 6) is 1.49. The molecule has 3 aromatic rings. The van der Waals surface area contributed by atoms with Crippen LogP contribution in [0, 0.1) is 0 Å². The van der Waals surface area contributed by atoms with Gasteiger partial charge in [-0.05, 0) is 24.1 Å². The van der Waals surface area contributed by atoms with E-state index in [0.717, 1.165) is 30.9 Å². The molecular formula is C23H27N3O. The number of likely N-dealkylation sites (tertiary alicyclic amines) is 1. The van der Waals surface area contributed by atoms with Crippen LogP contribution in [0.5, 0.6) is 0 Å². The maximum absolute atomic E-state index is 12.6. The normalized spacial score (nSPS) is 17.1. The molecule has 4 nitrogen and oxygen atoms in total.